The fraction of sp³-hybridized carbons (Fsp3) is 0.385. The number of ether oxygens (including phenoxy) is 1. The molecule has 2 aliphatic heterocycles. The lowest BCUT2D eigenvalue weighted by Gasteiger charge is -2.44. The Hall–Kier alpha value is -2.20. The first-order valence-electron chi connectivity index (χ1n) is 6.67. The lowest BCUT2D eigenvalue weighted by Crippen LogP contribution is -2.63. The number of sulfonamides is 1. The Balaban J connectivity index is 2.23. The molecule has 124 valence electrons. The van der Waals surface area contributed by atoms with Gasteiger partial charge in [0.2, 0.25) is 10.0 Å². The number of benzene rings is 1. The first-order chi connectivity index (χ1) is 10.7. The molecular weight excluding hydrogens is 329 g/mol. The van der Waals surface area contributed by atoms with Crippen LogP contribution >= 0.6 is 0 Å². The molecular formula is C13H14FN3O5S. The normalized spacial score (nSPS) is 29.0. The average molecular weight is 343 g/mol. The predicted octanol–water partition coefficient (Wildman–Crippen LogP) is 0.664. The number of hydrogen-bond acceptors (Lipinski definition) is 6. The van der Waals surface area contributed by atoms with Gasteiger partial charge in [0, 0.05) is 24.7 Å². The van der Waals surface area contributed by atoms with E-state index in [1.807, 2.05) is 0 Å². The van der Waals surface area contributed by atoms with Crippen molar-refractivity contribution < 1.29 is 22.5 Å². The highest BCUT2D eigenvalue weighted by atomic mass is 32.2. The van der Waals surface area contributed by atoms with E-state index in [0.29, 0.717) is 0 Å². The summed E-state index contributed by atoms with van der Waals surface area (Å²) >= 11 is 0. The molecule has 8 nitrogen and oxygen atoms in total. The van der Waals surface area contributed by atoms with Crippen molar-refractivity contribution in [1.29, 1.82) is 0 Å². The Kier molecular flexibility index (Phi) is 3.34. The molecule has 0 spiro atoms. The van der Waals surface area contributed by atoms with E-state index in [0.717, 1.165) is 22.5 Å². The number of nitro groups is 1. The zero-order valence-electron chi connectivity index (χ0n) is 12.2. The SMILES string of the molecule is C=C1N[C@]2(c3cc([N+](=O)[O-])ccc3F)COC[C@@H]2S(=O)(=O)N1C. The summed E-state index contributed by atoms with van der Waals surface area (Å²) in [5, 5.41) is 12.7. The zero-order chi connectivity index (χ0) is 17.0. The van der Waals surface area contributed by atoms with E-state index in [1.54, 1.807) is 0 Å². The Morgan fingerprint density at radius 2 is 2.26 bits per heavy atom. The van der Waals surface area contributed by atoms with Gasteiger partial charge in [0.1, 0.15) is 22.4 Å². The van der Waals surface area contributed by atoms with Crippen molar-refractivity contribution in [1.82, 2.24) is 9.62 Å². The van der Waals surface area contributed by atoms with E-state index < -0.39 is 31.6 Å². The van der Waals surface area contributed by atoms with Crippen LogP contribution in [0.4, 0.5) is 10.1 Å². The van der Waals surface area contributed by atoms with Crippen LogP contribution in [0.5, 0.6) is 0 Å². The molecule has 23 heavy (non-hydrogen) atoms. The lowest BCUT2D eigenvalue weighted by molar-refractivity contribution is -0.385. The van der Waals surface area contributed by atoms with E-state index in [9.17, 15) is 22.9 Å². The molecule has 0 radical (unpaired) electrons. The van der Waals surface area contributed by atoms with Crippen molar-refractivity contribution in [2.24, 2.45) is 0 Å². The van der Waals surface area contributed by atoms with E-state index in [2.05, 4.69) is 11.9 Å². The highest BCUT2D eigenvalue weighted by Crippen LogP contribution is 2.42. The van der Waals surface area contributed by atoms with Crippen molar-refractivity contribution in [3.63, 3.8) is 0 Å². The lowest BCUT2D eigenvalue weighted by atomic mass is 9.87. The molecule has 2 aliphatic rings. The number of halogens is 1. The van der Waals surface area contributed by atoms with E-state index in [4.69, 9.17) is 4.74 Å². The predicted molar refractivity (Wildman–Crippen MR) is 78.3 cm³/mol. The van der Waals surface area contributed by atoms with Crippen LogP contribution in [0.15, 0.2) is 30.6 Å². The van der Waals surface area contributed by atoms with Gasteiger partial charge >= 0.3 is 0 Å². The molecule has 2 heterocycles. The third-order valence-corrected chi connectivity index (χ3v) is 6.52. The van der Waals surface area contributed by atoms with Crippen LogP contribution in [0, 0.1) is 15.9 Å². The van der Waals surface area contributed by atoms with Crippen molar-refractivity contribution in [2.75, 3.05) is 20.3 Å². The standard InChI is InChI=1S/C13H14FN3O5S/c1-8-15-13(7-22-6-12(13)23(20,21)16(8)2)10-5-9(17(18)19)3-4-11(10)14/h3-5,12,15H,1,6-7H2,2H3/t12-,13-/m0/s1. The minimum atomic E-state index is -3.83. The molecule has 10 heteroatoms. The second-order valence-corrected chi connectivity index (χ2v) is 7.63. The van der Waals surface area contributed by atoms with Gasteiger partial charge in [-0.25, -0.2) is 12.8 Å². The third kappa shape index (κ3) is 2.09. The summed E-state index contributed by atoms with van der Waals surface area (Å²) in [5.74, 6) is -0.691. The number of nitrogens with one attached hydrogen (secondary N) is 1. The maximum Gasteiger partial charge on any atom is 0.270 e. The molecule has 2 saturated heterocycles. The summed E-state index contributed by atoms with van der Waals surface area (Å²) in [7, 11) is -2.50. The topological polar surface area (TPSA) is 102 Å². The number of hydrogen-bond donors (Lipinski definition) is 1. The van der Waals surface area contributed by atoms with Crippen LogP contribution < -0.4 is 5.32 Å². The van der Waals surface area contributed by atoms with Crippen LogP contribution in [0.1, 0.15) is 5.56 Å². The molecule has 0 aliphatic carbocycles. The molecule has 0 unspecified atom stereocenters. The summed E-state index contributed by atoms with van der Waals surface area (Å²) in [6.07, 6.45) is 0. The quantitative estimate of drug-likeness (QED) is 0.625. The molecule has 1 N–H and O–H groups in total. The minimum absolute atomic E-state index is 0.0534. The second kappa shape index (κ2) is 4.90. The molecule has 0 aromatic heterocycles. The minimum Gasteiger partial charge on any atom is -0.377 e. The van der Waals surface area contributed by atoms with Gasteiger partial charge in [0.15, 0.2) is 0 Å². The van der Waals surface area contributed by atoms with Gasteiger partial charge in [0.25, 0.3) is 5.69 Å². The number of non-ortho nitro benzene ring substituents is 1. The Bertz CT molecular complexity index is 812. The molecule has 1 aromatic carbocycles. The summed E-state index contributed by atoms with van der Waals surface area (Å²) in [4.78, 5) is 10.3. The van der Waals surface area contributed by atoms with Gasteiger partial charge in [-0.05, 0) is 6.07 Å². The summed E-state index contributed by atoms with van der Waals surface area (Å²) in [5.41, 5.74) is -1.89. The zero-order valence-corrected chi connectivity index (χ0v) is 13.0. The van der Waals surface area contributed by atoms with Crippen molar-refractivity contribution in [2.45, 2.75) is 10.8 Å². The van der Waals surface area contributed by atoms with Crippen LogP contribution in [0.25, 0.3) is 0 Å². The largest absolute Gasteiger partial charge is 0.377 e. The molecule has 1 aromatic rings. The van der Waals surface area contributed by atoms with Gasteiger partial charge in [-0.2, -0.15) is 0 Å². The first kappa shape index (κ1) is 15.7. The number of fused-ring (bicyclic) bond motifs is 1. The highest BCUT2D eigenvalue weighted by Gasteiger charge is 2.58. The first-order valence-corrected chi connectivity index (χ1v) is 8.17. The van der Waals surface area contributed by atoms with Gasteiger partial charge in [-0.15, -0.1) is 0 Å². The number of nitrogens with zero attached hydrogens (tertiary/aromatic N) is 2. The van der Waals surface area contributed by atoms with Crippen LogP contribution in [-0.2, 0) is 20.3 Å². The summed E-state index contributed by atoms with van der Waals surface area (Å²) < 4.78 is 45.8. The Morgan fingerprint density at radius 3 is 2.91 bits per heavy atom. The molecule has 0 saturated carbocycles. The van der Waals surface area contributed by atoms with E-state index in [-0.39, 0.29) is 30.3 Å². The molecule has 0 amide bonds. The monoisotopic (exact) mass is 343 g/mol. The maximum absolute atomic E-state index is 14.4. The molecule has 3 rings (SSSR count). The Labute approximate surface area is 131 Å². The van der Waals surface area contributed by atoms with Gasteiger partial charge < -0.3 is 10.1 Å². The van der Waals surface area contributed by atoms with E-state index in [1.165, 1.54) is 7.05 Å². The van der Waals surface area contributed by atoms with Crippen LogP contribution in [0.3, 0.4) is 0 Å². The molecule has 2 atom stereocenters. The molecule has 2 fully saturated rings. The van der Waals surface area contributed by atoms with E-state index >= 15 is 0 Å². The number of nitro benzene ring substituents is 1. The van der Waals surface area contributed by atoms with Crippen LogP contribution in [-0.4, -0.2) is 43.2 Å². The number of rotatable bonds is 2. The van der Waals surface area contributed by atoms with Crippen molar-refractivity contribution in [3.05, 3.63) is 52.1 Å². The average Bonchev–Trinajstić information content (AvgIpc) is 2.91. The summed E-state index contributed by atoms with van der Waals surface area (Å²) in [6, 6.07) is 3.02. The molecule has 0 bridgehead atoms. The summed E-state index contributed by atoms with van der Waals surface area (Å²) in [6.45, 7) is 3.35. The fourth-order valence-electron chi connectivity index (χ4n) is 2.99. The van der Waals surface area contributed by atoms with Crippen molar-refractivity contribution >= 4 is 15.7 Å². The van der Waals surface area contributed by atoms with Crippen LogP contribution in [0.2, 0.25) is 0 Å². The van der Waals surface area contributed by atoms with Gasteiger partial charge in [0.05, 0.1) is 18.1 Å². The van der Waals surface area contributed by atoms with Gasteiger partial charge in [-0.3, -0.25) is 14.4 Å². The highest BCUT2D eigenvalue weighted by molar-refractivity contribution is 7.90. The fourth-order valence-corrected chi connectivity index (χ4v) is 4.75. The maximum atomic E-state index is 14.4. The van der Waals surface area contributed by atoms with Gasteiger partial charge in [-0.1, -0.05) is 6.58 Å². The smallest absolute Gasteiger partial charge is 0.270 e. The van der Waals surface area contributed by atoms with Crippen molar-refractivity contribution in [3.8, 4) is 0 Å². The third-order valence-electron chi connectivity index (χ3n) is 4.28. The second-order valence-electron chi connectivity index (χ2n) is 5.48. The Morgan fingerprint density at radius 1 is 1.57 bits per heavy atom.